The van der Waals surface area contributed by atoms with E-state index >= 15 is 0 Å². The van der Waals surface area contributed by atoms with Crippen molar-refractivity contribution in [2.75, 3.05) is 6.54 Å². The maximum Gasteiger partial charge on any atom is 0.241 e. The molecule has 0 unspecified atom stereocenters. The van der Waals surface area contributed by atoms with Gasteiger partial charge < -0.3 is 5.32 Å². The van der Waals surface area contributed by atoms with Crippen molar-refractivity contribution < 1.29 is 13.2 Å². The zero-order valence-electron chi connectivity index (χ0n) is 15.3. The van der Waals surface area contributed by atoms with E-state index in [0.717, 1.165) is 22.4 Å². The van der Waals surface area contributed by atoms with Crippen LogP contribution in [0, 0.1) is 6.92 Å². The van der Waals surface area contributed by atoms with Gasteiger partial charge in [-0.1, -0.05) is 18.2 Å². The van der Waals surface area contributed by atoms with Gasteiger partial charge in [-0.15, -0.1) is 0 Å². The second kappa shape index (κ2) is 8.73. The van der Waals surface area contributed by atoms with E-state index in [9.17, 15) is 13.2 Å². The molecule has 0 aliphatic heterocycles. The van der Waals surface area contributed by atoms with Gasteiger partial charge in [-0.05, 0) is 48.4 Å². The molecule has 0 aliphatic rings. The number of hydrogen-bond acceptors (Lipinski definition) is 5. The summed E-state index contributed by atoms with van der Waals surface area (Å²) >= 11 is 0. The van der Waals surface area contributed by atoms with Gasteiger partial charge in [0.1, 0.15) is 0 Å². The molecule has 144 valence electrons. The Morgan fingerprint density at radius 2 is 1.82 bits per heavy atom. The number of sulfonamides is 1. The van der Waals surface area contributed by atoms with Crippen LogP contribution in [0.25, 0.3) is 11.3 Å². The molecule has 0 bridgehead atoms. The molecule has 0 aliphatic carbocycles. The number of hydrogen-bond donors (Lipinski definition) is 2. The fraction of sp³-hybridized carbons (Fsp3) is 0.150. The molecule has 3 aromatic rings. The minimum atomic E-state index is -3.74. The van der Waals surface area contributed by atoms with Crippen molar-refractivity contribution >= 4 is 15.9 Å². The van der Waals surface area contributed by atoms with Gasteiger partial charge in [0.15, 0.2) is 0 Å². The first-order chi connectivity index (χ1) is 13.5. The van der Waals surface area contributed by atoms with E-state index in [2.05, 4.69) is 20.0 Å². The molecular formula is C20H20N4O3S. The molecule has 2 N–H and O–H groups in total. The van der Waals surface area contributed by atoms with Crippen molar-refractivity contribution in [3.63, 3.8) is 0 Å². The van der Waals surface area contributed by atoms with Gasteiger partial charge in [0.2, 0.25) is 15.9 Å². The van der Waals surface area contributed by atoms with Crippen LogP contribution >= 0.6 is 0 Å². The number of nitrogens with zero attached hydrogens (tertiary/aromatic N) is 2. The molecule has 2 aromatic heterocycles. The summed E-state index contributed by atoms with van der Waals surface area (Å²) in [4.78, 5) is 20.6. The van der Waals surface area contributed by atoms with E-state index in [-0.39, 0.29) is 18.0 Å². The molecule has 0 atom stereocenters. The van der Waals surface area contributed by atoms with Crippen LogP contribution in [-0.2, 0) is 21.4 Å². The summed E-state index contributed by atoms with van der Waals surface area (Å²) in [5.74, 6) is -0.430. The number of aryl methyl sites for hydroxylation is 1. The predicted molar refractivity (Wildman–Crippen MR) is 106 cm³/mol. The topological polar surface area (TPSA) is 101 Å². The molecule has 0 fully saturated rings. The van der Waals surface area contributed by atoms with Crippen LogP contribution in [0.2, 0.25) is 0 Å². The smallest absolute Gasteiger partial charge is 0.241 e. The lowest BCUT2D eigenvalue weighted by molar-refractivity contribution is -0.120. The second-order valence-electron chi connectivity index (χ2n) is 6.16. The first kappa shape index (κ1) is 19.7. The molecule has 0 spiro atoms. The van der Waals surface area contributed by atoms with Crippen LogP contribution in [0.3, 0.4) is 0 Å². The van der Waals surface area contributed by atoms with Gasteiger partial charge in [0, 0.05) is 30.7 Å². The highest BCUT2D eigenvalue weighted by atomic mass is 32.2. The van der Waals surface area contributed by atoms with Gasteiger partial charge in [0.25, 0.3) is 0 Å². The van der Waals surface area contributed by atoms with E-state index in [1.807, 2.05) is 18.2 Å². The van der Waals surface area contributed by atoms with Crippen LogP contribution in [0.5, 0.6) is 0 Å². The maximum absolute atomic E-state index is 12.3. The van der Waals surface area contributed by atoms with Crippen molar-refractivity contribution in [2.24, 2.45) is 0 Å². The third-order valence-electron chi connectivity index (χ3n) is 4.04. The highest BCUT2D eigenvalue weighted by Crippen LogP contribution is 2.20. The van der Waals surface area contributed by atoms with E-state index in [1.165, 1.54) is 6.07 Å². The minimum Gasteiger partial charge on any atom is -0.351 e. The molecule has 0 saturated carbocycles. The Morgan fingerprint density at radius 3 is 2.57 bits per heavy atom. The summed E-state index contributed by atoms with van der Waals surface area (Å²) in [5.41, 5.74) is 3.28. The first-order valence-electron chi connectivity index (χ1n) is 8.63. The number of aromatic nitrogens is 2. The summed E-state index contributed by atoms with van der Waals surface area (Å²) < 4.78 is 26.9. The monoisotopic (exact) mass is 396 g/mol. The lowest BCUT2D eigenvalue weighted by Crippen LogP contribution is -2.36. The Hall–Kier alpha value is -3.10. The number of benzene rings is 1. The van der Waals surface area contributed by atoms with Gasteiger partial charge in [0.05, 0.1) is 17.1 Å². The molecule has 28 heavy (non-hydrogen) atoms. The Labute approximate surface area is 163 Å². The number of pyridine rings is 2. The van der Waals surface area contributed by atoms with Crippen molar-refractivity contribution in [3.05, 3.63) is 78.2 Å². The van der Waals surface area contributed by atoms with Crippen molar-refractivity contribution in [1.29, 1.82) is 0 Å². The molecule has 0 saturated heterocycles. The van der Waals surface area contributed by atoms with Crippen molar-refractivity contribution in [1.82, 2.24) is 20.0 Å². The summed E-state index contributed by atoms with van der Waals surface area (Å²) in [6.45, 7) is 1.69. The zero-order chi connectivity index (χ0) is 20.0. The number of carbonyl (C=O) groups excluding carboxylic acids is 1. The molecule has 7 nitrogen and oxygen atoms in total. The highest BCUT2D eigenvalue weighted by Gasteiger charge is 2.15. The summed E-state index contributed by atoms with van der Waals surface area (Å²) in [6.07, 6.45) is 5.02. The average molecular weight is 396 g/mol. The predicted octanol–water partition coefficient (Wildman–Crippen LogP) is 2.05. The fourth-order valence-corrected chi connectivity index (χ4v) is 3.72. The van der Waals surface area contributed by atoms with Crippen LogP contribution in [-0.4, -0.2) is 30.8 Å². The Bertz CT molecular complexity index is 1070. The van der Waals surface area contributed by atoms with Gasteiger partial charge in [-0.25, -0.2) is 13.1 Å². The molecule has 0 radical (unpaired) electrons. The third kappa shape index (κ3) is 4.99. The quantitative estimate of drug-likeness (QED) is 0.636. The van der Waals surface area contributed by atoms with Crippen LogP contribution in [0.4, 0.5) is 0 Å². The normalized spacial score (nSPS) is 11.2. The number of rotatable bonds is 7. The van der Waals surface area contributed by atoms with Crippen LogP contribution in [0.1, 0.15) is 11.1 Å². The largest absolute Gasteiger partial charge is 0.351 e. The Balaban J connectivity index is 1.61. The van der Waals surface area contributed by atoms with Gasteiger partial charge in [-0.2, -0.15) is 0 Å². The second-order valence-corrected chi connectivity index (χ2v) is 7.93. The molecular weight excluding hydrogens is 376 g/mol. The molecule has 1 aromatic carbocycles. The molecule has 3 rings (SSSR count). The molecule has 8 heteroatoms. The molecule has 1 amide bonds. The highest BCUT2D eigenvalue weighted by molar-refractivity contribution is 7.89. The van der Waals surface area contributed by atoms with E-state index in [4.69, 9.17) is 0 Å². The Kier molecular flexibility index (Phi) is 6.13. The standard InChI is InChI=1S/C20H20N4O3S/c1-15-4-2-6-18(12-15)28(26,27)24-14-19(25)23-13-17-5-3-9-22-20(17)16-7-10-21-11-8-16/h2-12,24H,13-14H2,1H3,(H,23,25). The lowest BCUT2D eigenvalue weighted by atomic mass is 10.1. The third-order valence-corrected chi connectivity index (χ3v) is 5.44. The van der Waals surface area contributed by atoms with Gasteiger partial charge >= 0.3 is 0 Å². The van der Waals surface area contributed by atoms with Crippen molar-refractivity contribution in [3.8, 4) is 11.3 Å². The average Bonchev–Trinajstić information content (AvgIpc) is 2.72. The van der Waals surface area contributed by atoms with Crippen LogP contribution < -0.4 is 10.0 Å². The minimum absolute atomic E-state index is 0.132. The molecule has 2 heterocycles. The summed E-state index contributed by atoms with van der Waals surface area (Å²) in [5, 5.41) is 2.72. The van der Waals surface area contributed by atoms with Crippen LogP contribution in [0.15, 0.2) is 72.0 Å². The summed E-state index contributed by atoms with van der Waals surface area (Å²) in [6, 6.07) is 13.8. The van der Waals surface area contributed by atoms with E-state index < -0.39 is 15.9 Å². The number of amides is 1. The first-order valence-corrected chi connectivity index (χ1v) is 10.1. The number of nitrogens with one attached hydrogen (secondary N) is 2. The number of carbonyl (C=O) groups is 1. The zero-order valence-corrected chi connectivity index (χ0v) is 16.1. The SMILES string of the molecule is Cc1cccc(S(=O)(=O)NCC(=O)NCc2cccnc2-c2ccncc2)c1. The van der Waals surface area contributed by atoms with Gasteiger partial charge in [-0.3, -0.25) is 14.8 Å². The maximum atomic E-state index is 12.3. The van der Waals surface area contributed by atoms with E-state index in [1.54, 1.807) is 49.8 Å². The Morgan fingerprint density at radius 1 is 1.04 bits per heavy atom. The lowest BCUT2D eigenvalue weighted by Gasteiger charge is -2.11. The summed E-state index contributed by atoms with van der Waals surface area (Å²) in [7, 11) is -3.74. The fourth-order valence-electron chi connectivity index (χ4n) is 2.63. The van der Waals surface area contributed by atoms with Crippen molar-refractivity contribution in [2.45, 2.75) is 18.4 Å². The van der Waals surface area contributed by atoms with E-state index in [0.29, 0.717) is 0 Å².